The molecule has 1 rings (SSSR count). The van der Waals surface area contributed by atoms with Crippen LogP contribution in [0.2, 0.25) is 0 Å². The summed E-state index contributed by atoms with van der Waals surface area (Å²) in [5, 5.41) is 9.80. The van der Waals surface area contributed by atoms with Gasteiger partial charge in [-0.1, -0.05) is 6.92 Å². The summed E-state index contributed by atoms with van der Waals surface area (Å²) >= 11 is 0. The molecule has 1 aromatic heterocycles. The number of sulfone groups is 1. The van der Waals surface area contributed by atoms with E-state index in [0.717, 1.165) is 0 Å². The Kier molecular flexibility index (Phi) is 4.49. The third-order valence-electron chi connectivity index (χ3n) is 2.57. The number of rotatable bonds is 6. The Labute approximate surface area is 96.0 Å². The van der Waals surface area contributed by atoms with E-state index in [1.54, 1.807) is 31.1 Å². The number of nitrogens with zero attached hydrogens (tertiary/aromatic N) is 2. The van der Waals surface area contributed by atoms with Crippen molar-refractivity contribution >= 4 is 9.84 Å². The molecule has 0 radical (unpaired) electrons. The van der Waals surface area contributed by atoms with Gasteiger partial charge in [-0.2, -0.15) is 0 Å². The molecule has 0 saturated carbocycles. The molecule has 1 aromatic rings. The van der Waals surface area contributed by atoms with Crippen LogP contribution in [0.3, 0.4) is 0 Å². The van der Waals surface area contributed by atoms with E-state index in [2.05, 4.69) is 4.98 Å². The molecule has 0 spiro atoms. The van der Waals surface area contributed by atoms with Gasteiger partial charge in [0.05, 0.1) is 30.1 Å². The predicted molar refractivity (Wildman–Crippen MR) is 61.7 cm³/mol. The molecule has 5 nitrogen and oxygen atoms in total. The van der Waals surface area contributed by atoms with E-state index in [1.807, 2.05) is 0 Å². The first-order chi connectivity index (χ1) is 7.46. The smallest absolute Gasteiger partial charge is 0.150 e. The summed E-state index contributed by atoms with van der Waals surface area (Å²) in [5.74, 6) is 0.299. The van der Waals surface area contributed by atoms with Crippen molar-refractivity contribution in [3.05, 3.63) is 18.2 Å². The predicted octanol–water partition coefficient (Wildman–Crippen LogP) is 0.668. The Morgan fingerprint density at radius 1 is 1.56 bits per heavy atom. The molecule has 0 aromatic carbocycles. The van der Waals surface area contributed by atoms with Crippen LogP contribution in [-0.4, -0.2) is 34.6 Å². The van der Waals surface area contributed by atoms with Gasteiger partial charge in [0.2, 0.25) is 0 Å². The Morgan fingerprint density at radius 2 is 2.25 bits per heavy atom. The Morgan fingerprint density at radius 3 is 2.75 bits per heavy atom. The van der Waals surface area contributed by atoms with Crippen molar-refractivity contribution in [2.45, 2.75) is 25.9 Å². The number of aromatic nitrogens is 2. The maximum atomic E-state index is 11.2. The highest BCUT2D eigenvalue weighted by Gasteiger charge is 2.13. The van der Waals surface area contributed by atoms with Crippen LogP contribution in [0.4, 0.5) is 0 Å². The van der Waals surface area contributed by atoms with Crippen LogP contribution in [0, 0.1) is 0 Å². The summed E-state index contributed by atoms with van der Waals surface area (Å²) in [4.78, 5) is 3.90. The van der Waals surface area contributed by atoms with Gasteiger partial charge in [-0.05, 0) is 12.8 Å². The van der Waals surface area contributed by atoms with Crippen molar-refractivity contribution in [3.63, 3.8) is 0 Å². The minimum atomic E-state index is -2.93. The van der Waals surface area contributed by atoms with Crippen molar-refractivity contribution in [1.29, 1.82) is 0 Å². The second kappa shape index (κ2) is 5.45. The molecule has 1 atom stereocenters. The second-order valence-electron chi connectivity index (χ2n) is 3.82. The molecule has 6 heteroatoms. The molecule has 0 aliphatic carbocycles. The fourth-order valence-corrected chi connectivity index (χ4v) is 2.37. The molecule has 16 heavy (non-hydrogen) atoms. The van der Waals surface area contributed by atoms with Crippen molar-refractivity contribution in [2.75, 3.05) is 11.5 Å². The van der Waals surface area contributed by atoms with Crippen molar-refractivity contribution < 1.29 is 13.5 Å². The first kappa shape index (κ1) is 13.2. The van der Waals surface area contributed by atoms with Crippen LogP contribution in [0.25, 0.3) is 0 Å². The largest absolute Gasteiger partial charge is 0.387 e. The van der Waals surface area contributed by atoms with Gasteiger partial charge in [0.1, 0.15) is 9.84 Å². The lowest BCUT2D eigenvalue weighted by atomic mass is 10.1. The Hall–Kier alpha value is -0.880. The first-order valence-corrected chi connectivity index (χ1v) is 7.13. The van der Waals surface area contributed by atoms with E-state index in [4.69, 9.17) is 0 Å². The van der Waals surface area contributed by atoms with Gasteiger partial charge >= 0.3 is 0 Å². The van der Waals surface area contributed by atoms with Crippen LogP contribution in [0.5, 0.6) is 0 Å². The van der Waals surface area contributed by atoms with Crippen LogP contribution in [-0.2, 0) is 16.9 Å². The summed E-state index contributed by atoms with van der Waals surface area (Å²) in [6.45, 7) is 1.63. The van der Waals surface area contributed by atoms with E-state index < -0.39 is 15.9 Å². The highest BCUT2D eigenvalue weighted by atomic mass is 32.2. The van der Waals surface area contributed by atoms with E-state index in [9.17, 15) is 13.5 Å². The molecular formula is C10H18N2O3S. The SMILES string of the molecule is CCS(=O)(=O)CCCC(O)c1cncn1C. The number of aryl methyl sites for hydroxylation is 1. The average molecular weight is 246 g/mol. The van der Waals surface area contributed by atoms with Gasteiger partial charge in [-0.15, -0.1) is 0 Å². The average Bonchev–Trinajstić information content (AvgIpc) is 2.64. The second-order valence-corrected chi connectivity index (χ2v) is 6.30. The molecule has 92 valence electrons. The number of hydrogen-bond donors (Lipinski definition) is 1. The van der Waals surface area contributed by atoms with E-state index >= 15 is 0 Å². The molecule has 0 aliphatic heterocycles. The number of aliphatic hydroxyl groups excluding tert-OH is 1. The molecule has 1 unspecified atom stereocenters. The topological polar surface area (TPSA) is 72.2 Å². The van der Waals surface area contributed by atoms with Gasteiger partial charge in [0.25, 0.3) is 0 Å². The zero-order chi connectivity index (χ0) is 12.2. The molecule has 1 heterocycles. The highest BCUT2D eigenvalue weighted by molar-refractivity contribution is 7.91. The maximum Gasteiger partial charge on any atom is 0.150 e. The first-order valence-electron chi connectivity index (χ1n) is 5.31. The van der Waals surface area contributed by atoms with Crippen molar-refractivity contribution in [2.24, 2.45) is 7.05 Å². The summed E-state index contributed by atoms with van der Waals surface area (Å²) in [6, 6.07) is 0. The third kappa shape index (κ3) is 3.61. The molecule has 0 bridgehead atoms. The third-order valence-corrected chi connectivity index (χ3v) is 4.36. The molecule has 1 N–H and O–H groups in total. The van der Waals surface area contributed by atoms with Gasteiger partial charge in [0, 0.05) is 12.8 Å². The molecule has 0 saturated heterocycles. The van der Waals surface area contributed by atoms with Crippen molar-refractivity contribution in [1.82, 2.24) is 9.55 Å². The zero-order valence-electron chi connectivity index (χ0n) is 9.63. The fourth-order valence-electron chi connectivity index (χ4n) is 1.48. The molecular weight excluding hydrogens is 228 g/mol. The van der Waals surface area contributed by atoms with Gasteiger partial charge < -0.3 is 9.67 Å². The van der Waals surface area contributed by atoms with Gasteiger partial charge in [-0.3, -0.25) is 0 Å². The number of imidazole rings is 1. The lowest BCUT2D eigenvalue weighted by Gasteiger charge is -2.10. The summed E-state index contributed by atoms with van der Waals surface area (Å²) in [5.41, 5.74) is 0.717. The molecule has 0 aliphatic rings. The molecule has 0 fully saturated rings. The number of hydrogen-bond acceptors (Lipinski definition) is 4. The van der Waals surface area contributed by atoms with E-state index in [0.29, 0.717) is 18.5 Å². The number of aliphatic hydroxyl groups is 1. The van der Waals surface area contributed by atoms with Crippen molar-refractivity contribution in [3.8, 4) is 0 Å². The maximum absolute atomic E-state index is 11.2. The van der Waals surface area contributed by atoms with Crippen LogP contribution >= 0.6 is 0 Å². The summed E-state index contributed by atoms with van der Waals surface area (Å²) in [6.07, 6.45) is 3.49. The van der Waals surface area contributed by atoms with E-state index in [1.165, 1.54) is 0 Å². The zero-order valence-corrected chi connectivity index (χ0v) is 10.4. The normalized spacial score (nSPS) is 13.9. The standard InChI is InChI=1S/C10H18N2O3S/c1-3-16(14,15)6-4-5-10(13)9-7-11-8-12(9)2/h7-8,10,13H,3-6H2,1-2H3. The van der Waals surface area contributed by atoms with E-state index in [-0.39, 0.29) is 11.5 Å². The monoisotopic (exact) mass is 246 g/mol. The summed E-state index contributed by atoms with van der Waals surface area (Å²) < 4.78 is 24.2. The minimum Gasteiger partial charge on any atom is -0.387 e. The quantitative estimate of drug-likeness (QED) is 0.800. The lowest BCUT2D eigenvalue weighted by Crippen LogP contribution is -2.11. The lowest BCUT2D eigenvalue weighted by molar-refractivity contribution is 0.158. The Bertz CT molecular complexity index is 425. The van der Waals surface area contributed by atoms with Gasteiger partial charge in [0.15, 0.2) is 0 Å². The Balaban J connectivity index is 2.43. The van der Waals surface area contributed by atoms with Gasteiger partial charge in [-0.25, -0.2) is 13.4 Å². The molecule has 0 amide bonds. The highest BCUT2D eigenvalue weighted by Crippen LogP contribution is 2.17. The minimum absolute atomic E-state index is 0.137. The van der Waals surface area contributed by atoms with Crippen LogP contribution in [0.1, 0.15) is 31.6 Å². The fraction of sp³-hybridized carbons (Fsp3) is 0.700. The van der Waals surface area contributed by atoms with Crippen LogP contribution in [0.15, 0.2) is 12.5 Å². The van der Waals surface area contributed by atoms with Crippen LogP contribution < -0.4 is 0 Å². The summed E-state index contributed by atoms with van der Waals surface area (Å²) in [7, 11) is -1.13.